The van der Waals surface area contributed by atoms with Crippen LogP contribution in [-0.2, 0) is 22.6 Å². The van der Waals surface area contributed by atoms with Crippen molar-refractivity contribution in [1.29, 1.82) is 0 Å². The maximum absolute atomic E-state index is 12.7. The Bertz CT molecular complexity index is 1000. The topological polar surface area (TPSA) is 74.8 Å². The Morgan fingerprint density at radius 3 is 2.38 bits per heavy atom. The molecule has 0 aliphatic carbocycles. The molecule has 3 aliphatic heterocycles. The van der Waals surface area contributed by atoms with Crippen LogP contribution >= 0.6 is 0 Å². The second kappa shape index (κ2) is 9.12. The van der Waals surface area contributed by atoms with Crippen LogP contribution in [0.15, 0.2) is 48.7 Å². The highest BCUT2D eigenvalue weighted by Crippen LogP contribution is 2.26. The monoisotopic (exact) mass is 432 g/mol. The minimum absolute atomic E-state index is 0.103. The summed E-state index contributed by atoms with van der Waals surface area (Å²) >= 11 is 0. The third-order valence-electron chi connectivity index (χ3n) is 6.59. The molecule has 3 aliphatic rings. The molecule has 166 valence electrons. The number of benzene rings is 1. The first-order valence-corrected chi connectivity index (χ1v) is 11.3. The van der Waals surface area contributed by atoms with E-state index in [0.29, 0.717) is 38.7 Å². The fourth-order valence-electron chi connectivity index (χ4n) is 4.66. The summed E-state index contributed by atoms with van der Waals surface area (Å²) in [4.78, 5) is 33.5. The van der Waals surface area contributed by atoms with E-state index in [9.17, 15) is 9.59 Å². The zero-order valence-electron chi connectivity index (χ0n) is 18.1. The number of amides is 3. The van der Waals surface area contributed by atoms with Crippen molar-refractivity contribution in [3.8, 4) is 0 Å². The van der Waals surface area contributed by atoms with Gasteiger partial charge in [-0.2, -0.15) is 0 Å². The van der Waals surface area contributed by atoms with E-state index < -0.39 is 0 Å². The zero-order chi connectivity index (χ0) is 21.9. The molecule has 4 heterocycles. The maximum Gasteiger partial charge on any atom is 0.323 e. The molecular formula is C25H28N4O3. The normalized spacial score (nSPS) is 18.8. The number of fused-ring (bicyclic) bond motifs is 1. The minimum atomic E-state index is -0.138. The molecule has 1 fully saturated rings. The van der Waals surface area contributed by atoms with Gasteiger partial charge in [-0.3, -0.25) is 10.1 Å². The van der Waals surface area contributed by atoms with Crippen LogP contribution in [0.5, 0.6) is 0 Å². The summed E-state index contributed by atoms with van der Waals surface area (Å²) in [5, 5.41) is 2.90. The van der Waals surface area contributed by atoms with Gasteiger partial charge >= 0.3 is 6.03 Å². The lowest BCUT2D eigenvalue weighted by Crippen LogP contribution is -2.40. The molecule has 0 unspecified atom stereocenters. The first-order valence-electron chi connectivity index (χ1n) is 11.3. The number of aromatic nitrogens is 1. The Morgan fingerprint density at radius 1 is 1.00 bits per heavy atom. The Kier molecular flexibility index (Phi) is 5.90. The number of hydrogen-bond donors (Lipinski definition) is 1. The molecule has 0 spiro atoms. The van der Waals surface area contributed by atoms with Crippen molar-refractivity contribution in [1.82, 2.24) is 14.8 Å². The molecule has 7 nitrogen and oxygen atoms in total. The predicted molar refractivity (Wildman–Crippen MR) is 122 cm³/mol. The average Bonchev–Trinajstić information content (AvgIpc) is 3.29. The van der Waals surface area contributed by atoms with Gasteiger partial charge in [0.05, 0.1) is 0 Å². The quantitative estimate of drug-likeness (QED) is 0.803. The van der Waals surface area contributed by atoms with Crippen molar-refractivity contribution in [2.24, 2.45) is 5.92 Å². The van der Waals surface area contributed by atoms with E-state index in [2.05, 4.69) is 28.5 Å². The first kappa shape index (κ1) is 20.7. The summed E-state index contributed by atoms with van der Waals surface area (Å²) in [6.07, 6.45) is 6.39. The van der Waals surface area contributed by atoms with Crippen LogP contribution in [0.1, 0.15) is 36.0 Å². The van der Waals surface area contributed by atoms with E-state index in [1.54, 1.807) is 11.1 Å². The van der Waals surface area contributed by atoms with Gasteiger partial charge in [-0.15, -0.1) is 0 Å². The van der Waals surface area contributed by atoms with Crippen molar-refractivity contribution in [3.63, 3.8) is 0 Å². The molecule has 5 rings (SSSR count). The lowest BCUT2D eigenvalue weighted by molar-refractivity contribution is -0.138. The molecule has 1 aromatic carbocycles. The van der Waals surface area contributed by atoms with Crippen LogP contribution in [0.25, 0.3) is 5.57 Å². The number of urea groups is 1. The molecule has 2 aromatic rings. The summed E-state index contributed by atoms with van der Waals surface area (Å²) in [6, 6.07) is 11.8. The molecule has 32 heavy (non-hydrogen) atoms. The largest absolute Gasteiger partial charge is 0.381 e. The molecule has 1 aromatic heterocycles. The molecule has 0 bridgehead atoms. The number of nitrogens with one attached hydrogen (secondary N) is 1. The number of hydrogen-bond acceptors (Lipinski definition) is 4. The van der Waals surface area contributed by atoms with Crippen LogP contribution in [0.2, 0.25) is 0 Å². The highest BCUT2D eigenvalue weighted by atomic mass is 16.5. The fraction of sp³-hybridized carbons (Fsp3) is 0.400. The number of pyridine rings is 1. The smallest absolute Gasteiger partial charge is 0.323 e. The fourth-order valence-corrected chi connectivity index (χ4v) is 4.66. The molecule has 3 amide bonds. The van der Waals surface area contributed by atoms with Gasteiger partial charge in [-0.05, 0) is 53.7 Å². The van der Waals surface area contributed by atoms with Gasteiger partial charge in [-0.1, -0.05) is 30.3 Å². The minimum Gasteiger partial charge on any atom is -0.381 e. The molecule has 1 saturated heterocycles. The van der Waals surface area contributed by atoms with Crippen molar-refractivity contribution in [2.75, 3.05) is 31.6 Å². The van der Waals surface area contributed by atoms with E-state index in [1.165, 1.54) is 16.7 Å². The number of anilines is 1. The number of ether oxygens (including phenoxy) is 1. The zero-order valence-corrected chi connectivity index (χ0v) is 18.1. The number of rotatable bonds is 3. The number of carbonyl (C=O) groups excluding carboxylic acids is 2. The molecule has 7 heteroatoms. The Morgan fingerprint density at radius 2 is 1.75 bits per heavy atom. The predicted octanol–water partition coefficient (Wildman–Crippen LogP) is 3.67. The molecular weight excluding hydrogens is 404 g/mol. The summed E-state index contributed by atoms with van der Waals surface area (Å²) in [7, 11) is 0. The van der Waals surface area contributed by atoms with Crippen LogP contribution in [0.4, 0.5) is 10.6 Å². The van der Waals surface area contributed by atoms with Crippen LogP contribution in [-0.4, -0.2) is 53.0 Å². The van der Waals surface area contributed by atoms with E-state index in [1.807, 2.05) is 29.2 Å². The van der Waals surface area contributed by atoms with Gasteiger partial charge in [0, 0.05) is 51.5 Å². The highest BCUT2D eigenvalue weighted by Gasteiger charge is 2.27. The molecule has 1 N–H and O–H groups in total. The van der Waals surface area contributed by atoms with E-state index in [4.69, 9.17) is 4.74 Å². The Labute approximate surface area is 188 Å². The Hall–Kier alpha value is -3.19. The van der Waals surface area contributed by atoms with Gasteiger partial charge < -0.3 is 14.5 Å². The van der Waals surface area contributed by atoms with Crippen LogP contribution < -0.4 is 5.32 Å². The summed E-state index contributed by atoms with van der Waals surface area (Å²) in [5.41, 5.74) is 4.62. The molecule has 0 atom stereocenters. The SMILES string of the molecule is O=C(Nc1ccc(C2=CCN(C(=O)C3CCOCC3)CC2)cn1)N1Cc2ccccc2C1. The lowest BCUT2D eigenvalue weighted by Gasteiger charge is -2.31. The van der Waals surface area contributed by atoms with E-state index in [-0.39, 0.29) is 17.9 Å². The maximum atomic E-state index is 12.7. The third kappa shape index (κ3) is 4.39. The van der Waals surface area contributed by atoms with Gasteiger partial charge in [0.2, 0.25) is 5.91 Å². The van der Waals surface area contributed by atoms with E-state index in [0.717, 1.165) is 31.4 Å². The van der Waals surface area contributed by atoms with Gasteiger partial charge in [0.15, 0.2) is 0 Å². The van der Waals surface area contributed by atoms with Crippen molar-refractivity contribution in [3.05, 3.63) is 65.4 Å². The molecule has 0 radical (unpaired) electrons. The van der Waals surface area contributed by atoms with Gasteiger partial charge in [0.1, 0.15) is 5.82 Å². The van der Waals surface area contributed by atoms with Crippen LogP contribution in [0, 0.1) is 5.92 Å². The second-order valence-electron chi connectivity index (χ2n) is 8.64. The third-order valence-corrected chi connectivity index (χ3v) is 6.59. The van der Waals surface area contributed by atoms with E-state index >= 15 is 0 Å². The summed E-state index contributed by atoms with van der Waals surface area (Å²) in [6.45, 7) is 3.98. The standard InChI is InChI=1S/C25H28N4O3/c30-24(19-9-13-32-14-10-19)28-11-7-18(8-12-28)20-5-6-23(26-15-20)27-25(31)29-16-21-3-1-2-4-22(21)17-29/h1-7,15,19H,8-14,16-17H2,(H,26,27,31). The first-order chi connectivity index (χ1) is 15.7. The van der Waals surface area contributed by atoms with Crippen molar-refractivity contribution in [2.45, 2.75) is 32.4 Å². The van der Waals surface area contributed by atoms with Crippen molar-refractivity contribution < 1.29 is 14.3 Å². The van der Waals surface area contributed by atoms with Gasteiger partial charge in [0.25, 0.3) is 0 Å². The highest BCUT2D eigenvalue weighted by molar-refractivity contribution is 5.89. The van der Waals surface area contributed by atoms with Crippen LogP contribution in [0.3, 0.4) is 0 Å². The number of carbonyl (C=O) groups is 2. The molecule has 0 saturated carbocycles. The number of nitrogens with zero attached hydrogens (tertiary/aromatic N) is 3. The summed E-state index contributed by atoms with van der Waals surface area (Å²) < 4.78 is 5.37. The average molecular weight is 433 g/mol. The Balaban J connectivity index is 1.16. The van der Waals surface area contributed by atoms with Crippen molar-refractivity contribution >= 4 is 23.3 Å². The second-order valence-corrected chi connectivity index (χ2v) is 8.64. The lowest BCUT2D eigenvalue weighted by atomic mass is 9.96. The van der Waals surface area contributed by atoms with Gasteiger partial charge in [-0.25, -0.2) is 9.78 Å². The summed E-state index contributed by atoms with van der Waals surface area (Å²) in [5.74, 6) is 0.901.